The first-order valence-corrected chi connectivity index (χ1v) is 8.62. The Labute approximate surface area is 159 Å². The molecular weight excluding hydrogens is 375 g/mol. The van der Waals surface area contributed by atoms with Crippen LogP contribution in [-0.2, 0) is 6.18 Å². The summed E-state index contributed by atoms with van der Waals surface area (Å²) in [6.45, 7) is 1.58. The largest absolute Gasteiger partial charge is 0.507 e. The second-order valence-corrected chi connectivity index (χ2v) is 6.82. The fourth-order valence-corrected chi connectivity index (χ4v) is 3.31. The third-order valence-corrected chi connectivity index (χ3v) is 4.76. The number of phenolic OH excluding ortho intramolecular Hbond substituents is 1. The van der Waals surface area contributed by atoms with Gasteiger partial charge in [-0.25, -0.2) is 4.98 Å². The number of aromatic nitrogens is 3. The van der Waals surface area contributed by atoms with Crippen LogP contribution in [-0.4, -0.2) is 50.4 Å². The summed E-state index contributed by atoms with van der Waals surface area (Å²) < 4.78 is 38.3. The van der Waals surface area contributed by atoms with Gasteiger partial charge >= 0.3 is 6.18 Å². The number of likely N-dealkylation sites (tertiary alicyclic amines) is 1. The first-order chi connectivity index (χ1) is 13.2. The molecule has 2 heterocycles. The number of aliphatic hydroxyl groups excluding tert-OH is 1. The summed E-state index contributed by atoms with van der Waals surface area (Å²) in [5.74, 6) is -0.825. The Kier molecular flexibility index (Phi) is 5.49. The molecule has 0 radical (unpaired) electrons. The number of rotatable bonds is 3. The van der Waals surface area contributed by atoms with Crippen LogP contribution in [0.25, 0.3) is 11.3 Å². The molecule has 148 valence electrons. The van der Waals surface area contributed by atoms with E-state index in [9.17, 15) is 28.6 Å². The van der Waals surface area contributed by atoms with Crippen LogP contribution in [0.3, 0.4) is 0 Å². The fraction of sp³-hybridized carbons (Fsp3) is 0.444. The molecule has 1 fully saturated rings. The highest BCUT2D eigenvalue weighted by Crippen LogP contribution is 2.36. The van der Waals surface area contributed by atoms with E-state index >= 15 is 0 Å². The normalized spacial score (nSPS) is 19.2. The average Bonchev–Trinajstić information content (AvgIpc) is 2.66. The number of alkyl halides is 3. The maximum Gasteiger partial charge on any atom is 0.416 e. The molecule has 3 rings (SSSR count). The van der Waals surface area contributed by atoms with Crippen LogP contribution in [0.4, 0.5) is 13.2 Å². The van der Waals surface area contributed by atoms with E-state index in [1.54, 1.807) is 6.07 Å². The Bertz CT molecular complexity index is 913. The number of aromatic hydroxyl groups is 1. The van der Waals surface area contributed by atoms with E-state index in [1.165, 1.54) is 0 Å². The van der Waals surface area contributed by atoms with Gasteiger partial charge in [0, 0.05) is 18.0 Å². The van der Waals surface area contributed by atoms with Gasteiger partial charge in [0.15, 0.2) is 11.5 Å². The van der Waals surface area contributed by atoms with Gasteiger partial charge in [-0.1, -0.05) is 0 Å². The van der Waals surface area contributed by atoms with Crippen LogP contribution < -0.4 is 0 Å². The molecular formula is C18H18F3N5O2. The van der Waals surface area contributed by atoms with Gasteiger partial charge in [0.1, 0.15) is 23.6 Å². The summed E-state index contributed by atoms with van der Waals surface area (Å²) in [6.07, 6.45) is -3.94. The topological polar surface area (TPSA) is 106 Å². The Morgan fingerprint density at radius 1 is 1.32 bits per heavy atom. The zero-order valence-corrected chi connectivity index (χ0v) is 15.0. The number of hydrogen-bond donors (Lipinski definition) is 2. The highest BCUT2D eigenvalue weighted by Gasteiger charge is 2.32. The molecule has 0 bridgehead atoms. The van der Waals surface area contributed by atoms with Gasteiger partial charge < -0.3 is 15.1 Å². The number of hydrogen-bond acceptors (Lipinski definition) is 7. The average molecular weight is 393 g/mol. The second kappa shape index (κ2) is 7.69. The van der Waals surface area contributed by atoms with Crippen molar-refractivity contribution in [1.29, 1.82) is 5.26 Å². The molecule has 7 nitrogen and oxygen atoms in total. The van der Waals surface area contributed by atoms with E-state index in [1.807, 2.05) is 7.05 Å². The number of halogens is 3. The van der Waals surface area contributed by atoms with Crippen molar-refractivity contribution in [2.45, 2.75) is 25.1 Å². The van der Waals surface area contributed by atoms with Gasteiger partial charge in [0.2, 0.25) is 0 Å². The summed E-state index contributed by atoms with van der Waals surface area (Å²) >= 11 is 0. The lowest BCUT2D eigenvalue weighted by molar-refractivity contribution is -0.137. The van der Waals surface area contributed by atoms with E-state index < -0.39 is 23.6 Å². The van der Waals surface area contributed by atoms with Crippen LogP contribution in [0.1, 0.15) is 36.0 Å². The highest BCUT2D eigenvalue weighted by atomic mass is 19.4. The quantitative estimate of drug-likeness (QED) is 0.825. The maximum absolute atomic E-state index is 12.8. The molecule has 0 aliphatic carbocycles. The summed E-state index contributed by atoms with van der Waals surface area (Å²) in [5, 5.41) is 37.6. The second-order valence-electron chi connectivity index (χ2n) is 6.82. The Morgan fingerprint density at radius 2 is 2.07 bits per heavy atom. The first-order valence-electron chi connectivity index (χ1n) is 8.62. The van der Waals surface area contributed by atoms with Crippen molar-refractivity contribution in [2.24, 2.45) is 5.92 Å². The number of aliphatic hydroxyl groups is 1. The molecule has 2 unspecified atom stereocenters. The molecule has 1 saturated heterocycles. The van der Waals surface area contributed by atoms with Gasteiger partial charge in [-0.2, -0.15) is 18.4 Å². The molecule has 10 heteroatoms. The minimum Gasteiger partial charge on any atom is -0.507 e. The molecule has 0 amide bonds. The van der Waals surface area contributed by atoms with Crippen LogP contribution in [0, 0.1) is 17.2 Å². The lowest BCUT2D eigenvalue weighted by Crippen LogP contribution is -2.35. The van der Waals surface area contributed by atoms with Crippen LogP contribution in [0.15, 0.2) is 18.2 Å². The highest BCUT2D eigenvalue weighted by molar-refractivity contribution is 5.70. The van der Waals surface area contributed by atoms with Gasteiger partial charge in [-0.3, -0.25) is 0 Å². The SMILES string of the molecule is CN1CCCC(C(O)c2nnc(-c3ccc(C(F)(F)F)cc3O)c(C#N)n2)C1. The van der Waals surface area contributed by atoms with E-state index in [0.29, 0.717) is 12.6 Å². The Morgan fingerprint density at radius 3 is 2.68 bits per heavy atom. The van der Waals surface area contributed by atoms with Gasteiger partial charge in [0.25, 0.3) is 0 Å². The van der Waals surface area contributed by atoms with Crippen LogP contribution >= 0.6 is 0 Å². The molecule has 2 N–H and O–H groups in total. The predicted octanol–water partition coefficient (Wildman–Crippen LogP) is 2.51. The van der Waals surface area contributed by atoms with Gasteiger partial charge in [-0.15, -0.1) is 10.2 Å². The zero-order chi connectivity index (χ0) is 20.5. The Balaban J connectivity index is 1.93. The van der Waals surface area contributed by atoms with E-state index in [2.05, 4.69) is 20.1 Å². The van der Waals surface area contributed by atoms with Crippen molar-refractivity contribution >= 4 is 0 Å². The van der Waals surface area contributed by atoms with E-state index in [-0.39, 0.29) is 28.7 Å². The van der Waals surface area contributed by atoms with Gasteiger partial charge in [0.05, 0.1) is 5.56 Å². The smallest absolute Gasteiger partial charge is 0.416 e. The predicted molar refractivity (Wildman–Crippen MR) is 91.8 cm³/mol. The number of nitrogens with zero attached hydrogens (tertiary/aromatic N) is 5. The number of nitriles is 1. The zero-order valence-electron chi connectivity index (χ0n) is 15.0. The lowest BCUT2D eigenvalue weighted by atomic mass is 9.92. The van der Waals surface area contributed by atoms with Crippen molar-refractivity contribution in [3.63, 3.8) is 0 Å². The molecule has 2 atom stereocenters. The van der Waals surface area contributed by atoms with Crippen LogP contribution in [0.2, 0.25) is 0 Å². The number of benzene rings is 1. The van der Waals surface area contributed by atoms with Gasteiger partial charge in [-0.05, 0) is 44.6 Å². The Hall–Kier alpha value is -2.77. The molecule has 1 aliphatic heterocycles. The summed E-state index contributed by atoms with van der Waals surface area (Å²) in [6, 6.07) is 4.15. The van der Waals surface area contributed by atoms with E-state index in [0.717, 1.165) is 31.5 Å². The molecule has 1 aromatic heterocycles. The molecule has 1 aliphatic rings. The van der Waals surface area contributed by atoms with Crippen molar-refractivity contribution in [3.05, 3.63) is 35.3 Å². The van der Waals surface area contributed by atoms with Crippen LogP contribution in [0.5, 0.6) is 5.75 Å². The molecule has 0 saturated carbocycles. The third kappa shape index (κ3) is 4.05. The van der Waals surface area contributed by atoms with Crippen molar-refractivity contribution in [2.75, 3.05) is 20.1 Å². The molecule has 1 aromatic carbocycles. The van der Waals surface area contributed by atoms with Crippen molar-refractivity contribution < 1.29 is 23.4 Å². The van der Waals surface area contributed by atoms with E-state index in [4.69, 9.17) is 0 Å². The van der Waals surface area contributed by atoms with Crippen molar-refractivity contribution in [3.8, 4) is 23.1 Å². The molecule has 28 heavy (non-hydrogen) atoms. The minimum absolute atomic E-state index is 0.0213. The molecule has 0 spiro atoms. The van der Waals surface area contributed by atoms with Crippen molar-refractivity contribution in [1.82, 2.24) is 20.1 Å². The standard InChI is InChI=1S/C18H18F3N5O2/c1-26-6-2-3-10(9-26)16(28)17-23-13(8-22)15(24-25-17)12-5-4-11(7-14(12)27)18(19,20)21/h4-5,7,10,16,27-28H,2-3,6,9H2,1H3. The summed E-state index contributed by atoms with van der Waals surface area (Å²) in [7, 11) is 1.94. The third-order valence-electron chi connectivity index (χ3n) is 4.76. The maximum atomic E-state index is 12.8. The summed E-state index contributed by atoms with van der Waals surface area (Å²) in [5.41, 5.74) is -1.50. The fourth-order valence-electron chi connectivity index (χ4n) is 3.31. The molecule has 2 aromatic rings. The first kappa shape index (κ1) is 20.0. The minimum atomic E-state index is -4.61. The number of piperidine rings is 1. The monoisotopic (exact) mass is 393 g/mol. The number of phenols is 1. The lowest BCUT2D eigenvalue weighted by Gasteiger charge is -2.31. The summed E-state index contributed by atoms with van der Waals surface area (Å²) in [4.78, 5) is 6.12.